The van der Waals surface area contributed by atoms with Gasteiger partial charge in [-0.3, -0.25) is 34.2 Å². The van der Waals surface area contributed by atoms with Crippen LogP contribution in [0, 0.1) is 12.8 Å². The number of piperidine rings is 2. The van der Waals surface area contributed by atoms with E-state index >= 15 is 0 Å². The van der Waals surface area contributed by atoms with Crippen LogP contribution in [0.25, 0.3) is 22.0 Å². The highest BCUT2D eigenvalue weighted by molar-refractivity contribution is 9.10. The second-order valence-electron chi connectivity index (χ2n) is 19.0. The number of ether oxygens (including phenoxy) is 1. The standard InChI is InChI=1S/C50H57BrN11O7P/c1-6-30-24-37(55-49-52-26-34(51)46(57-49)54-36-13-12-35-33(11-10-29(2)53-35)45(36)70(4,5)67)42(68-3)25-41(30)59-18-16-32(17-19-59)58-20-22-60(23-21-58)48(65)31-27-61(28-31)38-8-7-9-39-44(38)69-50(66)62(39)40-14-15-43(63)56-47(40)64/h7-13,24-26,31-32,40H,6,14-23,27-28H2,1-5H3,(H,56,63,64)(H2,52,54,55,57). The highest BCUT2D eigenvalue weighted by Gasteiger charge is 2.39. The number of nitrogens with one attached hydrogen (secondary N) is 3. The van der Waals surface area contributed by atoms with Crippen molar-refractivity contribution in [3.05, 3.63) is 87.1 Å². The van der Waals surface area contributed by atoms with Crippen LogP contribution in [0.3, 0.4) is 0 Å². The zero-order chi connectivity index (χ0) is 49.0. The van der Waals surface area contributed by atoms with E-state index in [-0.39, 0.29) is 30.6 Å². The molecule has 3 aromatic carbocycles. The predicted molar refractivity (Wildman–Crippen MR) is 275 cm³/mol. The number of methoxy groups -OCH3 is 1. The fraction of sp³-hybridized carbons (Fsp3) is 0.420. The maximum absolute atomic E-state index is 13.7. The first kappa shape index (κ1) is 47.4. The van der Waals surface area contributed by atoms with Crippen LogP contribution in [0.4, 0.5) is 34.5 Å². The van der Waals surface area contributed by atoms with Gasteiger partial charge in [0.05, 0.1) is 45.6 Å². The number of anilines is 6. The molecule has 4 saturated heterocycles. The number of nitrogens with zero attached hydrogens (tertiary/aromatic N) is 8. The topological polar surface area (TPSA) is 200 Å². The van der Waals surface area contributed by atoms with Gasteiger partial charge in [-0.25, -0.2) is 9.78 Å². The Kier molecular flexibility index (Phi) is 12.9. The Morgan fingerprint density at radius 2 is 1.69 bits per heavy atom. The lowest BCUT2D eigenvalue weighted by Gasteiger charge is -2.46. The first-order valence-corrected chi connectivity index (χ1v) is 27.3. The molecule has 3 aromatic heterocycles. The third-order valence-electron chi connectivity index (χ3n) is 14.2. The van der Waals surface area contributed by atoms with Crippen LogP contribution in [-0.2, 0) is 25.4 Å². The van der Waals surface area contributed by atoms with Crippen molar-refractivity contribution >= 4 is 103 Å². The lowest BCUT2D eigenvalue weighted by molar-refractivity contribution is -0.138. The molecule has 1 unspecified atom stereocenters. The Bertz CT molecular complexity index is 3150. The van der Waals surface area contributed by atoms with Crippen LogP contribution >= 0.6 is 23.1 Å². The highest BCUT2D eigenvalue weighted by atomic mass is 79.9. The number of rotatable bonds is 12. The van der Waals surface area contributed by atoms with Crippen LogP contribution in [-0.4, -0.2) is 126 Å². The summed E-state index contributed by atoms with van der Waals surface area (Å²) in [5.74, 6) is 0.0526. The predicted octanol–water partition coefficient (Wildman–Crippen LogP) is 6.54. The van der Waals surface area contributed by atoms with Gasteiger partial charge < -0.3 is 39.1 Å². The molecule has 20 heteroatoms. The number of hydrogen-bond donors (Lipinski definition) is 3. The first-order chi connectivity index (χ1) is 33.7. The second kappa shape index (κ2) is 19.1. The number of pyridine rings is 1. The van der Waals surface area contributed by atoms with Crippen LogP contribution in [0.15, 0.2) is 74.5 Å². The van der Waals surface area contributed by atoms with E-state index < -0.39 is 24.8 Å². The zero-order valence-electron chi connectivity index (χ0n) is 40.0. The van der Waals surface area contributed by atoms with Gasteiger partial charge in [-0.1, -0.05) is 19.1 Å². The number of carbonyl (C=O) groups is 3. The largest absolute Gasteiger partial charge is 0.494 e. The minimum Gasteiger partial charge on any atom is -0.494 e. The van der Waals surface area contributed by atoms with Gasteiger partial charge in [0.15, 0.2) is 5.58 Å². The van der Waals surface area contributed by atoms with Gasteiger partial charge in [0.2, 0.25) is 23.7 Å². The van der Waals surface area contributed by atoms with Crippen LogP contribution in [0.5, 0.6) is 5.75 Å². The Labute approximate surface area is 413 Å². The number of fused-ring (bicyclic) bond motifs is 2. The van der Waals surface area contributed by atoms with Gasteiger partial charge in [-0.05, 0) is 104 Å². The van der Waals surface area contributed by atoms with Gasteiger partial charge in [0.1, 0.15) is 24.8 Å². The minimum atomic E-state index is -2.74. The molecule has 10 rings (SSSR count). The summed E-state index contributed by atoms with van der Waals surface area (Å²) in [4.78, 5) is 74.2. The molecule has 70 heavy (non-hydrogen) atoms. The fourth-order valence-corrected chi connectivity index (χ4v) is 12.3. The average molecular weight is 1030 g/mol. The summed E-state index contributed by atoms with van der Waals surface area (Å²) in [5.41, 5.74) is 7.04. The number of aryl methyl sites for hydroxylation is 2. The van der Waals surface area contributed by atoms with Gasteiger partial charge in [-0.15, -0.1) is 0 Å². The summed E-state index contributed by atoms with van der Waals surface area (Å²) in [5, 5.41) is 10.7. The molecule has 366 valence electrons. The number of imide groups is 1. The molecule has 6 aromatic rings. The van der Waals surface area contributed by atoms with Crippen molar-refractivity contribution in [3.63, 3.8) is 0 Å². The maximum atomic E-state index is 13.7. The molecule has 0 bridgehead atoms. The number of para-hydroxylation sites is 1. The SMILES string of the molecule is CCc1cc(Nc2ncc(Br)c(Nc3ccc4nc(C)ccc4c3P(C)(C)=O)n2)c(OC)cc1N1CCC(N2CCN(C(=O)C3CN(c4cccc5c4oc(=O)n5C4CCC(=O)NC4=O)C3)CC2)CC1. The van der Waals surface area contributed by atoms with Crippen LogP contribution in [0.2, 0.25) is 0 Å². The molecule has 18 nitrogen and oxygen atoms in total. The van der Waals surface area contributed by atoms with E-state index in [4.69, 9.17) is 14.1 Å². The van der Waals surface area contributed by atoms with E-state index in [1.165, 1.54) is 10.1 Å². The minimum absolute atomic E-state index is 0.149. The van der Waals surface area contributed by atoms with Crippen molar-refractivity contribution in [2.24, 2.45) is 5.92 Å². The fourth-order valence-electron chi connectivity index (χ4n) is 10.6. The molecule has 0 radical (unpaired) electrons. The summed E-state index contributed by atoms with van der Waals surface area (Å²) in [6, 6.07) is 17.0. The smallest absolute Gasteiger partial charge is 0.420 e. The summed E-state index contributed by atoms with van der Waals surface area (Å²) >= 11 is 3.62. The Balaban J connectivity index is 0.742. The maximum Gasteiger partial charge on any atom is 0.420 e. The number of benzene rings is 3. The van der Waals surface area contributed by atoms with E-state index in [9.17, 15) is 23.7 Å². The van der Waals surface area contributed by atoms with E-state index in [1.54, 1.807) is 32.7 Å². The number of hydrogen-bond acceptors (Lipinski definition) is 15. The zero-order valence-corrected chi connectivity index (χ0v) is 42.4. The molecule has 0 saturated carbocycles. The number of halogens is 1. The lowest BCUT2D eigenvalue weighted by atomic mass is 9.96. The van der Waals surface area contributed by atoms with Crippen LogP contribution < -0.4 is 41.5 Å². The van der Waals surface area contributed by atoms with Crippen LogP contribution in [0.1, 0.15) is 49.9 Å². The second-order valence-corrected chi connectivity index (χ2v) is 23.0. The molecule has 3 N–H and O–H groups in total. The number of aromatic nitrogens is 4. The molecule has 4 fully saturated rings. The van der Waals surface area contributed by atoms with E-state index in [1.807, 2.05) is 53.1 Å². The third-order valence-corrected chi connectivity index (χ3v) is 16.3. The summed E-state index contributed by atoms with van der Waals surface area (Å²) in [6.45, 7) is 13.5. The van der Waals surface area contributed by atoms with E-state index in [0.717, 1.165) is 73.4 Å². The summed E-state index contributed by atoms with van der Waals surface area (Å²) in [7, 11) is -1.08. The molecule has 1 atom stereocenters. The molecule has 4 aliphatic rings. The summed E-state index contributed by atoms with van der Waals surface area (Å²) < 4.78 is 27.3. The molecular weight excluding hydrogens is 977 g/mol. The molecular formula is C50H57BrN11O7P. The van der Waals surface area contributed by atoms with Gasteiger partial charge in [0, 0.05) is 99.2 Å². The lowest BCUT2D eigenvalue weighted by Crippen LogP contribution is -2.59. The van der Waals surface area contributed by atoms with Crippen molar-refractivity contribution in [2.75, 3.05) is 93.2 Å². The molecule has 0 aliphatic carbocycles. The average Bonchev–Trinajstić information content (AvgIpc) is 3.67. The van der Waals surface area contributed by atoms with Gasteiger partial charge >= 0.3 is 5.76 Å². The number of amides is 3. The van der Waals surface area contributed by atoms with Crippen molar-refractivity contribution in [2.45, 2.75) is 58.0 Å². The first-order valence-electron chi connectivity index (χ1n) is 23.9. The number of carbonyl (C=O) groups excluding carboxylic acids is 3. The molecule has 7 heterocycles. The Morgan fingerprint density at radius 1 is 0.914 bits per heavy atom. The van der Waals surface area contributed by atoms with Gasteiger partial charge in [-0.2, -0.15) is 4.98 Å². The van der Waals surface area contributed by atoms with Crippen molar-refractivity contribution < 1.29 is 28.1 Å². The third kappa shape index (κ3) is 9.14. The van der Waals surface area contributed by atoms with Crippen molar-refractivity contribution in [1.82, 2.24) is 34.6 Å². The van der Waals surface area contributed by atoms with E-state index in [2.05, 4.69) is 70.7 Å². The summed E-state index contributed by atoms with van der Waals surface area (Å²) in [6.07, 6.45) is 4.89. The molecule has 4 aliphatic heterocycles. The van der Waals surface area contributed by atoms with Crippen molar-refractivity contribution in [1.29, 1.82) is 0 Å². The normalized spacial score (nSPS) is 18.6. The molecule has 0 spiro atoms. The van der Waals surface area contributed by atoms with Gasteiger partial charge in [0.25, 0.3) is 0 Å². The molecule has 3 amide bonds. The Morgan fingerprint density at radius 3 is 2.40 bits per heavy atom. The highest BCUT2D eigenvalue weighted by Crippen LogP contribution is 2.43. The quantitative estimate of drug-likeness (QED) is 0.0882. The number of oxazole rings is 1. The van der Waals surface area contributed by atoms with E-state index in [0.29, 0.717) is 82.0 Å². The monoisotopic (exact) mass is 1030 g/mol. The number of piperazine rings is 1. The van der Waals surface area contributed by atoms with Crippen molar-refractivity contribution in [3.8, 4) is 5.75 Å². The Hall–Kier alpha value is -6.30.